The molecule has 0 unspecified atom stereocenters. The van der Waals surface area contributed by atoms with Gasteiger partial charge in [-0.2, -0.15) is 0 Å². The first kappa shape index (κ1) is 29.8. The largest absolute Gasteiger partial charge is 0.512 e. The molecule has 4 nitrogen and oxygen atoms in total. The molecule has 0 atom stereocenters. The number of thiophene rings is 1. The van der Waals surface area contributed by atoms with Crippen LogP contribution in [-0.4, -0.2) is 20.9 Å². The second kappa shape index (κ2) is 14.4. The molecule has 193 valence electrons. The molecule has 0 bridgehead atoms. The number of aromatic nitrogens is 2. The maximum atomic E-state index is 11.7. The minimum absolute atomic E-state index is 0. The molecule has 6 heteroatoms. The summed E-state index contributed by atoms with van der Waals surface area (Å²) in [4.78, 5) is 22.3. The van der Waals surface area contributed by atoms with E-state index in [2.05, 4.69) is 30.1 Å². The van der Waals surface area contributed by atoms with Crippen LogP contribution in [0, 0.1) is 24.8 Å². The van der Waals surface area contributed by atoms with Crippen LogP contribution in [0.5, 0.6) is 0 Å². The molecule has 1 N–H and O–H groups in total. The molecule has 4 rings (SSSR count). The van der Waals surface area contributed by atoms with Crippen molar-refractivity contribution in [1.29, 1.82) is 0 Å². The average Bonchev–Trinajstić information content (AvgIpc) is 3.27. The van der Waals surface area contributed by atoms with Crippen molar-refractivity contribution >= 4 is 38.2 Å². The third kappa shape index (κ3) is 7.09. The fraction of sp³-hybridized carbons (Fsp3) is 0.367. The Hall–Kier alpha value is -2.40. The van der Waals surface area contributed by atoms with E-state index in [1.54, 1.807) is 11.3 Å². The zero-order valence-corrected chi connectivity index (χ0v) is 24.9. The summed E-state index contributed by atoms with van der Waals surface area (Å²) in [5.74, 6) is 0.547. The van der Waals surface area contributed by atoms with E-state index in [0.717, 1.165) is 48.0 Å². The summed E-state index contributed by atoms with van der Waals surface area (Å²) in [6, 6.07) is 17.4. The third-order valence-corrected chi connectivity index (χ3v) is 7.45. The summed E-state index contributed by atoms with van der Waals surface area (Å²) in [6.45, 7) is 10.2. The summed E-state index contributed by atoms with van der Waals surface area (Å²) in [6.07, 6.45) is 6.73. The number of rotatable bonds is 8. The quantitative estimate of drug-likeness (QED) is 0.115. The summed E-state index contributed by atoms with van der Waals surface area (Å²) in [5.41, 5.74) is 3.95. The number of allylic oxidation sites excluding steroid dienone is 2. The van der Waals surface area contributed by atoms with E-state index in [1.807, 2.05) is 64.2 Å². The minimum Gasteiger partial charge on any atom is -0.512 e. The number of benzene rings is 1. The van der Waals surface area contributed by atoms with Crippen LogP contribution in [0.4, 0.5) is 0 Å². The van der Waals surface area contributed by atoms with Crippen molar-refractivity contribution in [3.05, 3.63) is 71.4 Å². The Labute approximate surface area is 232 Å². The van der Waals surface area contributed by atoms with Gasteiger partial charge in [0.25, 0.3) is 0 Å². The Morgan fingerprint density at radius 1 is 1.06 bits per heavy atom. The number of pyridine rings is 2. The Morgan fingerprint density at radius 2 is 1.75 bits per heavy atom. The number of aliphatic hydroxyl groups excluding tert-OH is 1. The zero-order chi connectivity index (χ0) is 25.4. The predicted octanol–water partition coefficient (Wildman–Crippen LogP) is 8.49. The topological polar surface area (TPSA) is 63.1 Å². The summed E-state index contributed by atoms with van der Waals surface area (Å²) >= 11 is 1.77. The van der Waals surface area contributed by atoms with Gasteiger partial charge in [0.05, 0.1) is 16.0 Å². The molecule has 4 aromatic rings. The van der Waals surface area contributed by atoms with Gasteiger partial charge in [0.15, 0.2) is 5.78 Å². The number of fused-ring (bicyclic) bond motifs is 3. The fourth-order valence-electron chi connectivity index (χ4n) is 4.23. The molecule has 3 heterocycles. The second-order valence-corrected chi connectivity index (χ2v) is 9.96. The van der Waals surface area contributed by atoms with Gasteiger partial charge in [0, 0.05) is 49.1 Å². The van der Waals surface area contributed by atoms with Crippen molar-refractivity contribution in [3.8, 4) is 11.3 Å². The number of aliphatic hydroxyl groups is 1. The van der Waals surface area contributed by atoms with Crippen LogP contribution in [0.2, 0.25) is 0 Å². The van der Waals surface area contributed by atoms with E-state index in [9.17, 15) is 9.90 Å². The van der Waals surface area contributed by atoms with E-state index in [-0.39, 0.29) is 43.5 Å². The average molecular weight is 680 g/mol. The van der Waals surface area contributed by atoms with Crippen LogP contribution in [0.25, 0.3) is 32.4 Å². The van der Waals surface area contributed by atoms with E-state index >= 15 is 0 Å². The number of carbonyl (C=O) groups is 1. The molecule has 0 amide bonds. The van der Waals surface area contributed by atoms with Gasteiger partial charge >= 0.3 is 0 Å². The van der Waals surface area contributed by atoms with Gasteiger partial charge in [0.2, 0.25) is 0 Å². The second-order valence-electron chi connectivity index (χ2n) is 8.71. The van der Waals surface area contributed by atoms with E-state index in [4.69, 9.17) is 4.98 Å². The predicted molar refractivity (Wildman–Crippen MR) is 148 cm³/mol. The first-order chi connectivity index (χ1) is 16.9. The van der Waals surface area contributed by atoms with Crippen LogP contribution in [0.15, 0.2) is 60.5 Å². The molecule has 0 spiro atoms. The molecule has 0 aliphatic heterocycles. The SMILES string of the molecule is CCC(CC)C(=O)/C=C(\O)C(CC)CC.Cc1cc2c(-c3[c-]cccc3)nc3cccnc3c2s1.[Ir]. The summed E-state index contributed by atoms with van der Waals surface area (Å²) in [5, 5.41) is 10.9. The molecule has 0 aliphatic rings. The number of nitrogens with zero attached hydrogens (tertiary/aromatic N) is 2. The van der Waals surface area contributed by atoms with Crippen molar-refractivity contribution in [2.75, 3.05) is 0 Å². The molecule has 1 radical (unpaired) electrons. The number of hydrogen-bond donors (Lipinski definition) is 1. The molecular weight excluding hydrogens is 645 g/mol. The van der Waals surface area contributed by atoms with Crippen molar-refractivity contribution in [2.45, 2.75) is 60.3 Å². The summed E-state index contributed by atoms with van der Waals surface area (Å²) in [7, 11) is 0. The molecule has 0 saturated heterocycles. The number of carbonyl (C=O) groups excluding carboxylic acids is 1. The number of aryl methyl sites for hydroxylation is 1. The van der Waals surface area contributed by atoms with Gasteiger partial charge < -0.3 is 5.11 Å². The van der Waals surface area contributed by atoms with Gasteiger partial charge in [-0.3, -0.25) is 14.8 Å². The van der Waals surface area contributed by atoms with Crippen molar-refractivity contribution < 1.29 is 30.0 Å². The van der Waals surface area contributed by atoms with Gasteiger partial charge in [-0.25, -0.2) is 0 Å². The molecule has 3 aromatic heterocycles. The first-order valence-electron chi connectivity index (χ1n) is 12.5. The van der Waals surface area contributed by atoms with Crippen LogP contribution >= 0.6 is 11.3 Å². The third-order valence-electron chi connectivity index (χ3n) is 6.39. The van der Waals surface area contributed by atoms with Crippen molar-refractivity contribution in [3.63, 3.8) is 0 Å². The summed E-state index contributed by atoms with van der Waals surface area (Å²) < 4.78 is 1.21. The van der Waals surface area contributed by atoms with Crippen LogP contribution in [0.3, 0.4) is 0 Å². The zero-order valence-electron chi connectivity index (χ0n) is 21.7. The van der Waals surface area contributed by atoms with Crippen LogP contribution in [-0.2, 0) is 24.9 Å². The van der Waals surface area contributed by atoms with Gasteiger partial charge in [-0.1, -0.05) is 27.7 Å². The van der Waals surface area contributed by atoms with Gasteiger partial charge in [-0.05, 0) is 61.9 Å². The standard InChI is InChI=1S/C17H11N2S.C13H24O2.Ir/c1-11-10-13-15(12-6-3-2-4-7-12)19-14-8-5-9-18-16(14)17(13)20-11;1-5-10(6-2)12(14)9-13(15)11(7-3)8-4;/h2-6,8-10H,1H3;9-11,14H,5-8H2,1-4H3;/q-1;;/b;12-9-;. The van der Waals surface area contributed by atoms with Gasteiger partial charge in [-0.15, -0.1) is 47.2 Å². The molecule has 0 aliphatic carbocycles. The maximum absolute atomic E-state index is 11.7. The van der Waals surface area contributed by atoms with Crippen LogP contribution in [0.1, 0.15) is 58.3 Å². The van der Waals surface area contributed by atoms with E-state index < -0.39 is 0 Å². The normalized spacial score (nSPS) is 11.5. The Morgan fingerprint density at radius 3 is 2.36 bits per heavy atom. The smallest absolute Gasteiger partial charge is 0.162 e. The molecule has 0 fully saturated rings. The Kier molecular flexibility index (Phi) is 11.9. The van der Waals surface area contributed by atoms with E-state index in [0.29, 0.717) is 0 Å². The number of hydrogen-bond acceptors (Lipinski definition) is 5. The minimum atomic E-state index is 0. The fourth-order valence-corrected chi connectivity index (χ4v) is 5.25. The molecular formula is C30H35IrN2O2S-. The van der Waals surface area contributed by atoms with E-state index in [1.165, 1.54) is 21.0 Å². The van der Waals surface area contributed by atoms with Crippen molar-refractivity contribution in [1.82, 2.24) is 9.97 Å². The Bertz CT molecular complexity index is 1290. The maximum Gasteiger partial charge on any atom is 0.162 e. The van der Waals surface area contributed by atoms with Crippen molar-refractivity contribution in [2.24, 2.45) is 11.8 Å². The molecule has 0 saturated carbocycles. The number of ketones is 1. The monoisotopic (exact) mass is 680 g/mol. The van der Waals surface area contributed by atoms with Crippen LogP contribution < -0.4 is 0 Å². The van der Waals surface area contributed by atoms with Gasteiger partial charge in [0.1, 0.15) is 5.52 Å². The molecule has 1 aromatic carbocycles. The Balaban J connectivity index is 0.000000260. The first-order valence-corrected chi connectivity index (χ1v) is 13.3. The molecule has 36 heavy (non-hydrogen) atoms.